The smallest absolute Gasteiger partial charge is 0.240 e. The lowest BCUT2D eigenvalue weighted by molar-refractivity contribution is -0.141. The number of aliphatic hydroxyl groups excluding tert-OH is 1. The Bertz CT molecular complexity index is 658. The molecule has 0 aromatic carbocycles. The average molecular weight is 377 g/mol. The molecular formula is C19H31N5O3. The molecule has 2 saturated carbocycles. The molecule has 1 aromatic rings. The molecule has 1 saturated heterocycles. The van der Waals surface area contributed by atoms with Gasteiger partial charge < -0.3 is 19.7 Å². The van der Waals surface area contributed by atoms with Crippen molar-refractivity contribution in [3.8, 4) is 0 Å². The second kappa shape index (κ2) is 7.85. The van der Waals surface area contributed by atoms with Crippen LogP contribution in [0.3, 0.4) is 0 Å². The van der Waals surface area contributed by atoms with Crippen molar-refractivity contribution < 1.29 is 14.6 Å². The first-order chi connectivity index (χ1) is 13.1. The number of amides is 1. The molecule has 0 unspecified atom stereocenters. The number of ether oxygens (including phenoxy) is 1. The van der Waals surface area contributed by atoms with Crippen molar-refractivity contribution >= 4 is 5.91 Å². The van der Waals surface area contributed by atoms with Crippen LogP contribution in [0.25, 0.3) is 0 Å². The third-order valence-electron chi connectivity index (χ3n) is 6.70. The Kier molecular flexibility index (Phi) is 5.48. The van der Waals surface area contributed by atoms with Gasteiger partial charge in [0.15, 0.2) is 5.82 Å². The number of aromatic nitrogens is 3. The Morgan fingerprint density at radius 2 is 1.93 bits per heavy atom. The predicted octanol–water partition coefficient (Wildman–Crippen LogP) is 0.705. The minimum atomic E-state index is -0.345. The van der Waals surface area contributed by atoms with Crippen molar-refractivity contribution in [2.75, 3.05) is 26.3 Å². The van der Waals surface area contributed by atoms with Gasteiger partial charge in [-0.3, -0.25) is 9.69 Å². The number of carbonyl (C=O) groups excluding carboxylic acids is 1. The molecule has 8 nitrogen and oxygen atoms in total. The number of hydrogen-bond acceptors (Lipinski definition) is 6. The number of nitrogens with one attached hydrogen (secondary N) is 1. The summed E-state index contributed by atoms with van der Waals surface area (Å²) in [4.78, 5) is 15.7. The van der Waals surface area contributed by atoms with Crippen molar-refractivity contribution in [3.05, 3.63) is 11.6 Å². The highest BCUT2D eigenvalue weighted by molar-refractivity contribution is 5.86. The van der Waals surface area contributed by atoms with Gasteiger partial charge in [-0.2, -0.15) is 0 Å². The van der Waals surface area contributed by atoms with E-state index in [4.69, 9.17) is 4.74 Å². The maximum Gasteiger partial charge on any atom is 0.240 e. The first-order valence-electron chi connectivity index (χ1n) is 10.3. The minimum Gasteiger partial charge on any atom is -0.388 e. The largest absolute Gasteiger partial charge is 0.388 e. The van der Waals surface area contributed by atoms with Crippen LogP contribution in [0.2, 0.25) is 0 Å². The number of morpholine rings is 1. The molecule has 8 heteroatoms. The summed E-state index contributed by atoms with van der Waals surface area (Å²) >= 11 is 0. The fraction of sp³-hybridized carbons (Fsp3) is 0.842. The number of carbonyl (C=O) groups is 1. The predicted molar refractivity (Wildman–Crippen MR) is 99.0 cm³/mol. The zero-order chi connectivity index (χ0) is 18.9. The molecular weight excluding hydrogens is 346 g/mol. The lowest BCUT2D eigenvalue weighted by Gasteiger charge is -2.48. The molecule has 0 bridgehead atoms. The van der Waals surface area contributed by atoms with Crippen molar-refractivity contribution in [2.45, 2.75) is 69.1 Å². The van der Waals surface area contributed by atoms with Gasteiger partial charge >= 0.3 is 0 Å². The summed E-state index contributed by atoms with van der Waals surface area (Å²) in [5.41, 5.74) is -0.345. The zero-order valence-corrected chi connectivity index (χ0v) is 16.2. The lowest BCUT2D eigenvalue weighted by Crippen LogP contribution is -2.64. The minimum absolute atomic E-state index is 0.0988. The van der Waals surface area contributed by atoms with Crippen molar-refractivity contribution in [2.24, 2.45) is 7.05 Å². The SMILES string of the molecule is Cn1c(CO)nnc1C1CC(NC(=O)C2(N3CCOCC3)CCCCC2)C1. The van der Waals surface area contributed by atoms with Crippen molar-refractivity contribution in [1.29, 1.82) is 0 Å². The molecule has 2 heterocycles. The van der Waals surface area contributed by atoms with Crippen LogP contribution in [-0.2, 0) is 23.2 Å². The number of aliphatic hydroxyl groups is 1. The van der Waals surface area contributed by atoms with E-state index in [-0.39, 0.29) is 24.1 Å². The van der Waals surface area contributed by atoms with Crippen LogP contribution in [0.4, 0.5) is 0 Å². The van der Waals surface area contributed by atoms with E-state index >= 15 is 0 Å². The van der Waals surface area contributed by atoms with Gasteiger partial charge in [0.05, 0.1) is 13.2 Å². The van der Waals surface area contributed by atoms with Gasteiger partial charge in [-0.1, -0.05) is 19.3 Å². The zero-order valence-electron chi connectivity index (χ0n) is 16.2. The Hall–Kier alpha value is -1.51. The summed E-state index contributed by atoms with van der Waals surface area (Å²) in [5.74, 6) is 2.01. The monoisotopic (exact) mass is 377 g/mol. The molecule has 2 N–H and O–H groups in total. The first kappa shape index (κ1) is 18.8. The van der Waals surface area contributed by atoms with Gasteiger partial charge in [0, 0.05) is 32.1 Å². The maximum atomic E-state index is 13.3. The van der Waals surface area contributed by atoms with Crippen LogP contribution in [0.5, 0.6) is 0 Å². The second-order valence-electron chi connectivity index (χ2n) is 8.22. The molecule has 1 amide bonds. The topological polar surface area (TPSA) is 92.5 Å². The Labute approximate surface area is 160 Å². The summed E-state index contributed by atoms with van der Waals surface area (Å²) in [6, 6.07) is 0.205. The van der Waals surface area contributed by atoms with Crippen LogP contribution < -0.4 is 5.32 Å². The fourth-order valence-corrected chi connectivity index (χ4v) is 4.95. The average Bonchev–Trinajstić information content (AvgIpc) is 3.05. The van der Waals surface area contributed by atoms with Gasteiger partial charge in [-0.05, 0) is 25.7 Å². The summed E-state index contributed by atoms with van der Waals surface area (Å²) in [6.07, 6.45) is 7.17. The third-order valence-corrected chi connectivity index (χ3v) is 6.70. The third kappa shape index (κ3) is 3.50. The van der Waals surface area contributed by atoms with Crippen LogP contribution in [0.15, 0.2) is 0 Å². The Balaban J connectivity index is 1.38. The standard InChI is InChI=1S/C19H31N5O3/c1-23-16(13-25)21-22-17(23)14-11-15(12-14)20-18(26)19(5-3-2-4-6-19)24-7-9-27-10-8-24/h14-15,25H,2-13H2,1H3,(H,20,26). The first-order valence-corrected chi connectivity index (χ1v) is 10.3. The Morgan fingerprint density at radius 3 is 2.56 bits per heavy atom. The highest BCUT2D eigenvalue weighted by Crippen LogP contribution is 2.38. The van der Waals surface area contributed by atoms with E-state index in [1.165, 1.54) is 6.42 Å². The Morgan fingerprint density at radius 1 is 1.22 bits per heavy atom. The molecule has 1 aliphatic heterocycles. The molecule has 0 spiro atoms. The lowest BCUT2D eigenvalue weighted by atomic mass is 9.76. The van der Waals surface area contributed by atoms with Gasteiger partial charge in [-0.25, -0.2) is 0 Å². The maximum absolute atomic E-state index is 13.3. The van der Waals surface area contributed by atoms with Crippen LogP contribution in [0, 0.1) is 0 Å². The van der Waals surface area contributed by atoms with Crippen molar-refractivity contribution in [1.82, 2.24) is 25.0 Å². The van der Waals surface area contributed by atoms with Gasteiger partial charge in [0.25, 0.3) is 0 Å². The molecule has 4 rings (SSSR count). The summed E-state index contributed by atoms with van der Waals surface area (Å²) < 4.78 is 7.38. The van der Waals surface area contributed by atoms with E-state index in [1.807, 2.05) is 11.6 Å². The highest BCUT2D eigenvalue weighted by Gasteiger charge is 2.46. The highest BCUT2D eigenvalue weighted by atomic mass is 16.5. The van der Waals surface area contributed by atoms with Gasteiger partial charge in [-0.15, -0.1) is 10.2 Å². The van der Waals surface area contributed by atoms with Crippen LogP contribution >= 0.6 is 0 Å². The van der Waals surface area contributed by atoms with Gasteiger partial charge in [0.1, 0.15) is 18.0 Å². The quantitative estimate of drug-likeness (QED) is 0.785. The van der Waals surface area contributed by atoms with E-state index in [0.717, 1.165) is 70.7 Å². The number of nitrogens with zero attached hydrogens (tertiary/aromatic N) is 4. The van der Waals surface area contributed by atoms with Crippen LogP contribution in [0.1, 0.15) is 62.5 Å². The molecule has 150 valence electrons. The molecule has 3 fully saturated rings. The van der Waals surface area contributed by atoms with Crippen LogP contribution in [-0.4, -0.2) is 68.6 Å². The second-order valence-corrected chi connectivity index (χ2v) is 8.22. The van der Waals surface area contributed by atoms with E-state index < -0.39 is 0 Å². The molecule has 2 aliphatic carbocycles. The molecule has 0 atom stereocenters. The fourth-order valence-electron chi connectivity index (χ4n) is 4.95. The van der Waals surface area contributed by atoms with E-state index in [1.54, 1.807) is 0 Å². The van der Waals surface area contributed by atoms with E-state index in [9.17, 15) is 9.90 Å². The van der Waals surface area contributed by atoms with E-state index in [2.05, 4.69) is 20.4 Å². The van der Waals surface area contributed by atoms with Crippen molar-refractivity contribution in [3.63, 3.8) is 0 Å². The number of hydrogen-bond donors (Lipinski definition) is 2. The molecule has 3 aliphatic rings. The molecule has 1 aromatic heterocycles. The van der Waals surface area contributed by atoms with E-state index in [0.29, 0.717) is 11.7 Å². The summed E-state index contributed by atoms with van der Waals surface area (Å²) in [6.45, 7) is 3.05. The van der Waals surface area contributed by atoms with Gasteiger partial charge in [0.2, 0.25) is 5.91 Å². The summed E-state index contributed by atoms with van der Waals surface area (Å²) in [7, 11) is 1.89. The summed E-state index contributed by atoms with van der Waals surface area (Å²) in [5, 5.41) is 20.9. The molecule has 0 radical (unpaired) electrons. The molecule has 27 heavy (non-hydrogen) atoms. The number of rotatable bonds is 5. The normalized spacial score (nSPS) is 28.5.